The molecule has 2 heterocycles. The highest BCUT2D eigenvalue weighted by molar-refractivity contribution is 7.92. The Morgan fingerprint density at radius 3 is 2.31 bits per heavy atom. The average Bonchev–Trinajstić information content (AvgIpc) is 3.35. The van der Waals surface area contributed by atoms with Crippen LogP contribution in [0.3, 0.4) is 0 Å². The molecule has 0 saturated heterocycles. The van der Waals surface area contributed by atoms with Gasteiger partial charge in [0, 0.05) is 23.2 Å². The first-order chi connectivity index (χ1) is 18.4. The molecule has 0 atom stereocenters. The number of fused-ring (bicyclic) bond motifs is 1. The van der Waals surface area contributed by atoms with Gasteiger partial charge < -0.3 is 9.15 Å². The van der Waals surface area contributed by atoms with Crippen molar-refractivity contribution in [2.24, 2.45) is 0 Å². The van der Waals surface area contributed by atoms with Gasteiger partial charge in [0.15, 0.2) is 0 Å². The third-order valence-electron chi connectivity index (χ3n) is 5.71. The molecule has 39 heavy (non-hydrogen) atoms. The van der Waals surface area contributed by atoms with Gasteiger partial charge in [0.2, 0.25) is 5.76 Å². The van der Waals surface area contributed by atoms with E-state index in [9.17, 15) is 30.4 Å². The van der Waals surface area contributed by atoms with Crippen LogP contribution in [0.25, 0.3) is 33.2 Å². The van der Waals surface area contributed by atoms with Gasteiger partial charge >= 0.3 is 12.2 Å². The van der Waals surface area contributed by atoms with Crippen LogP contribution in [-0.2, 0) is 16.2 Å². The molecule has 0 amide bonds. The number of nitrogens with one attached hydrogen (secondary N) is 1. The molecule has 0 aliphatic carbocycles. The summed E-state index contributed by atoms with van der Waals surface area (Å²) in [5, 5.41) is 0.986. The molecule has 0 unspecified atom stereocenters. The highest BCUT2D eigenvalue weighted by Gasteiger charge is 2.36. The Morgan fingerprint density at radius 1 is 0.897 bits per heavy atom. The highest BCUT2D eigenvalue weighted by Crippen LogP contribution is 2.37. The number of sulfonamides is 1. The second kappa shape index (κ2) is 9.66. The van der Waals surface area contributed by atoms with Gasteiger partial charge in [-0.2, -0.15) is 13.2 Å². The van der Waals surface area contributed by atoms with Crippen LogP contribution in [0.2, 0.25) is 0 Å². The molecule has 0 radical (unpaired) electrons. The molecular formula is C26H16F5N3O4S. The van der Waals surface area contributed by atoms with Gasteiger partial charge in [-0.05, 0) is 59.0 Å². The van der Waals surface area contributed by atoms with E-state index in [0.29, 0.717) is 45.1 Å². The number of oxazole rings is 1. The molecule has 1 N–H and O–H groups in total. The number of hydrogen-bond donors (Lipinski definition) is 1. The van der Waals surface area contributed by atoms with Crippen LogP contribution in [-0.4, -0.2) is 25.5 Å². The SMILES string of the molecule is COc1cc(-c2cc(F)cc(F)c2)ccc1-c1nccc2cc(S(=O)(=O)Nc3ncc(C(F)(F)F)o3)ccc12. The summed E-state index contributed by atoms with van der Waals surface area (Å²) in [5.41, 5.74) is 1.76. The number of nitrogens with zero attached hydrogens (tertiary/aromatic N) is 2. The summed E-state index contributed by atoms with van der Waals surface area (Å²) < 4.78 is 103. The molecular weight excluding hydrogens is 545 g/mol. The van der Waals surface area contributed by atoms with E-state index in [1.54, 1.807) is 24.3 Å². The van der Waals surface area contributed by atoms with E-state index < -0.39 is 39.6 Å². The van der Waals surface area contributed by atoms with E-state index in [0.717, 1.165) is 6.07 Å². The third kappa shape index (κ3) is 5.25. The predicted molar refractivity (Wildman–Crippen MR) is 131 cm³/mol. The van der Waals surface area contributed by atoms with Crippen molar-refractivity contribution < 1.29 is 39.5 Å². The topological polar surface area (TPSA) is 94.3 Å². The molecule has 2 aromatic heterocycles. The number of aromatic nitrogens is 2. The summed E-state index contributed by atoms with van der Waals surface area (Å²) in [6.45, 7) is 0. The summed E-state index contributed by atoms with van der Waals surface area (Å²) in [7, 11) is -2.93. The zero-order valence-corrected chi connectivity index (χ0v) is 20.6. The summed E-state index contributed by atoms with van der Waals surface area (Å²) in [6.07, 6.45) is -3.00. The van der Waals surface area contributed by atoms with Crippen LogP contribution in [0.4, 0.5) is 28.0 Å². The van der Waals surface area contributed by atoms with Gasteiger partial charge in [-0.3, -0.25) is 4.98 Å². The minimum Gasteiger partial charge on any atom is -0.496 e. The molecule has 5 aromatic rings. The average molecular weight is 561 g/mol. The fraction of sp³-hybridized carbons (Fsp3) is 0.0769. The van der Waals surface area contributed by atoms with Gasteiger partial charge in [-0.15, -0.1) is 0 Å². The van der Waals surface area contributed by atoms with E-state index in [2.05, 4.69) is 14.4 Å². The van der Waals surface area contributed by atoms with Crippen molar-refractivity contribution in [2.75, 3.05) is 11.8 Å². The molecule has 13 heteroatoms. The van der Waals surface area contributed by atoms with Crippen molar-refractivity contribution >= 4 is 26.8 Å². The zero-order valence-electron chi connectivity index (χ0n) is 19.8. The van der Waals surface area contributed by atoms with Crippen LogP contribution in [0.1, 0.15) is 5.76 Å². The molecule has 0 fully saturated rings. The van der Waals surface area contributed by atoms with Crippen molar-refractivity contribution in [3.05, 3.63) is 90.5 Å². The Balaban J connectivity index is 1.51. The third-order valence-corrected chi connectivity index (χ3v) is 7.02. The van der Waals surface area contributed by atoms with Crippen LogP contribution < -0.4 is 9.46 Å². The Bertz CT molecular complexity index is 1800. The maximum absolute atomic E-state index is 13.7. The number of anilines is 1. The lowest BCUT2D eigenvalue weighted by molar-refractivity contribution is -0.152. The summed E-state index contributed by atoms with van der Waals surface area (Å²) in [4.78, 5) is 7.47. The van der Waals surface area contributed by atoms with E-state index in [4.69, 9.17) is 4.74 Å². The number of hydrogen-bond acceptors (Lipinski definition) is 6. The van der Waals surface area contributed by atoms with E-state index in [-0.39, 0.29) is 4.90 Å². The molecule has 0 bridgehead atoms. The normalized spacial score (nSPS) is 12.1. The van der Waals surface area contributed by atoms with E-state index in [1.807, 2.05) is 4.72 Å². The second-order valence-corrected chi connectivity index (χ2v) is 9.93. The maximum Gasteiger partial charge on any atom is 0.451 e. The minimum atomic E-state index is -4.82. The number of benzene rings is 3. The number of methoxy groups -OCH3 is 1. The highest BCUT2D eigenvalue weighted by atomic mass is 32.2. The number of halogens is 5. The van der Waals surface area contributed by atoms with Crippen molar-refractivity contribution in [1.29, 1.82) is 0 Å². The van der Waals surface area contributed by atoms with Crippen LogP contribution in [0.5, 0.6) is 5.75 Å². The zero-order chi connectivity index (χ0) is 27.9. The Hall–Kier alpha value is -4.52. The van der Waals surface area contributed by atoms with E-state index >= 15 is 0 Å². The predicted octanol–water partition coefficient (Wildman–Crippen LogP) is 6.66. The van der Waals surface area contributed by atoms with Crippen LogP contribution in [0.15, 0.2) is 82.4 Å². The number of alkyl halides is 3. The van der Waals surface area contributed by atoms with Gasteiger partial charge in [-0.1, -0.05) is 12.1 Å². The summed E-state index contributed by atoms with van der Waals surface area (Å²) in [6, 6.07) is 12.8. The standard InChI is InChI=1S/C26H16F5N3O4S/c1-37-22-11-14(16-8-17(27)12-18(28)9-16)2-4-21(22)24-20-5-3-19(10-15(20)6-7-32-24)39(35,36)34-25-33-13-23(38-25)26(29,30)31/h2-13H,1H3,(H,33,34). The first kappa shape index (κ1) is 26.1. The van der Waals surface area contributed by atoms with Gasteiger partial charge in [0.05, 0.1) is 23.9 Å². The molecule has 0 aliphatic heterocycles. The molecule has 7 nitrogen and oxygen atoms in total. The van der Waals surface area contributed by atoms with Gasteiger partial charge in [-0.25, -0.2) is 26.9 Å². The molecule has 200 valence electrons. The number of pyridine rings is 1. The van der Waals surface area contributed by atoms with Crippen LogP contribution in [0, 0.1) is 11.6 Å². The largest absolute Gasteiger partial charge is 0.496 e. The summed E-state index contributed by atoms with van der Waals surface area (Å²) >= 11 is 0. The Kier molecular flexibility index (Phi) is 6.46. The van der Waals surface area contributed by atoms with Crippen molar-refractivity contribution in [3.63, 3.8) is 0 Å². The smallest absolute Gasteiger partial charge is 0.451 e. The second-order valence-electron chi connectivity index (χ2n) is 8.25. The molecule has 3 aromatic carbocycles. The fourth-order valence-electron chi connectivity index (χ4n) is 3.95. The summed E-state index contributed by atoms with van der Waals surface area (Å²) in [5.74, 6) is -2.56. The van der Waals surface area contributed by atoms with Crippen molar-refractivity contribution in [2.45, 2.75) is 11.1 Å². The Morgan fingerprint density at radius 2 is 1.64 bits per heavy atom. The molecule has 0 aliphatic rings. The lowest BCUT2D eigenvalue weighted by Gasteiger charge is -2.13. The first-order valence-corrected chi connectivity index (χ1v) is 12.5. The monoisotopic (exact) mass is 561 g/mol. The van der Waals surface area contributed by atoms with Crippen LogP contribution >= 0.6 is 0 Å². The van der Waals surface area contributed by atoms with Gasteiger partial charge in [0.25, 0.3) is 10.0 Å². The molecule has 5 rings (SSSR count). The number of rotatable bonds is 6. The molecule has 0 spiro atoms. The number of ether oxygens (including phenoxy) is 1. The fourth-order valence-corrected chi connectivity index (χ4v) is 4.92. The quantitative estimate of drug-likeness (QED) is 0.233. The Labute approximate surface area is 217 Å². The lowest BCUT2D eigenvalue weighted by Crippen LogP contribution is -2.13. The van der Waals surface area contributed by atoms with E-state index in [1.165, 1.54) is 43.6 Å². The first-order valence-electron chi connectivity index (χ1n) is 11.0. The maximum atomic E-state index is 13.7. The van der Waals surface area contributed by atoms with Crippen molar-refractivity contribution in [3.8, 4) is 28.1 Å². The lowest BCUT2D eigenvalue weighted by atomic mass is 9.99. The van der Waals surface area contributed by atoms with Gasteiger partial charge in [0.1, 0.15) is 17.4 Å². The van der Waals surface area contributed by atoms with Crippen molar-refractivity contribution in [1.82, 2.24) is 9.97 Å². The minimum absolute atomic E-state index is 0.255. The molecule has 0 saturated carbocycles.